The topological polar surface area (TPSA) is 63.5 Å². The van der Waals surface area contributed by atoms with Gasteiger partial charge in [-0.05, 0) is 38.4 Å². The highest BCUT2D eigenvalue weighted by atomic mass is 16.5. The molecule has 21 heavy (non-hydrogen) atoms. The van der Waals surface area contributed by atoms with Crippen LogP contribution in [-0.4, -0.2) is 37.7 Å². The van der Waals surface area contributed by atoms with Gasteiger partial charge in [0.2, 0.25) is 5.91 Å². The summed E-state index contributed by atoms with van der Waals surface area (Å²) in [6.45, 7) is 6.21. The van der Waals surface area contributed by atoms with Gasteiger partial charge in [0.1, 0.15) is 5.76 Å². The second-order valence-corrected chi connectivity index (χ2v) is 5.73. The maximum absolute atomic E-state index is 12.3. The summed E-state index contributed by atoms with van der Waals surface area (Å²) in [5.74, 6) is 0.971. The number of nitrogens with one attached hydrogen (secondary N) is 2. The van der Waals surface area contributed by atoms with Crippen molar-refractivity contribution in [2.45, 2.75) is 45.2 Å². The largest absolute Gasteiger partial charge is 0.469 e. The third-order valence-electron chi connectivity index (χ3n) is 3.87. The lowest BCUT2D eigenvalue weighted by atomic mass is 10.0. The van der Waals surface area contributed by atoms with Crippen LogP contribution >= 0.6 is 0 Å². The van der Waals surface area contributed by atoms with Gasteiger partial charge < -0.3 is 19.8 Å². The molecule has 0 bridgehead atoms. The molecule has 0 aliphatic carbocycles. The van der Waals surface area contributed by atoms with E-state index in [1.54, 1.807) is 6.26 Å². The van der Waals surface area contributed by atoms with Gasteiger partial charge in [0.05, 0.1) is 25.4 Å². The Bertz CT molecular complexity index is 419. The Morgan fingerprint density at radius 3 is 3.05 bits per heavy atom. The van der Waals surface area contributed by atoms with Gasteiger partial charge in [-0.25, -0.2) is 0 Å². The van der Waals surface area contributed by atoms with Crippen LogP contribution in [0.2, 0.25) is 0 Å². The lowest BCUT2D eigenvalue weighted by Crippen LogP contribution is -2.46. The number of carbonyl (C=O) groups is 1. The van der Waals surface area contributed by atoms with Crippen LogP contribution in [0.4, 0.5) is 0 Å². The summed E-state index contributed by atoms with van der Waals surface area (Å²) >= 11 is 0. The van der Waals surface area contributed by atoms with Crippen molar-refractivity contribution >= 4 is 5.91 Å². The molecule has 2 rings (SSSR count). The fourth-order valence-electron chi connectivity index (χ4n) is 2.58. The van der Waals surface area contributed by atoms with Crippen molar-refractivity contribution in [3.8, 4) is 0 Å². The zero-order valence-electron chi connectivity index (χ0n) is 12.9. The normalized spacial score (nSPS) is 23.1. The maximum atomic E-state index is 12.3. The Balaban J connectivity index is 1.74. The molecule has 0 aromatic carbocycles. The highest BCUT2D eigenvalue weighted by Gasteiger charge is 2.33. The summed E-state index contributed by atoms with van der Waals surface area (Å²) in [5, 5.41) is 6.48. The number of furan rings is 1. The van der Waals surface area contributed by atoms with Gasteiger partial charge in [0.15, 0.2) is 0 Å². The van der Waals surface area contributed by atoms with Gasteiger partial charge in [-0.3, -0.25) is 4.79 Å². The highest BCUT2D eigenvalue weighted by Crippen LogP contribution is 2.15. The summed E-state index contributed by atoms with van der Waals surface area (Å²) in [5.41, 5.74) is 0. The van der Waals surface area contributed by atoms with E-state index in [2.05, 4.69) is 17.6 Å². The van der Waals surface area contributed by atoms with Crippen LogP contribution < -0.4 is 10.6 Å². The molecule has 118 valence electrons. The quantitative estimate of drug-likeness (QED) is 0.766. The molecule has 1 aromatic heterocycles. The average molecular weight is 294 g/mol. The maximum Gasteiger partial charge on any atom is 0.227 e. The van der Waals surface area contributed by atoms with Gasteiger partial charge >= 0.3 is 0 Å². The number of aryl methyl sites for hydroxylation is 1. The van der Waals surface area contributed by atoms with Crippen molar-refractivity contribution in [1.29, 1.82) is 0 Å². The molecule has 1 fully saturated rings. The molecular formula is C16H26N2O3. The molecule has 3 atom stereocenters. The van der Waals surface area contributed by atoms with Crippen LogP contribution in [-0.2, 0) is 16.0 Å². The van der Waals surface area contributed by atoms with E-state index in [-0.39, 0.29) is 23.9 Å². The van der Waals surface area contributed by atoms with Crippen LogP contribution in [0.15, 0.2) is 22.8 Å². The Morgan fingerprint density at radius 1 is 1.48 bits per heavy atom. The molecule has 5 nitrogen and oxygen atoms in total. The highest BCUT2D eigenvalue weighted by molar-refractivity contribution is 5.80. The van der Waals surface area contributed by atoms with Crippen molar-refractivity contribution in [1.82, 2.24) is 10.6 Å². The lowest BCUT2D eigenvalue weighted by Gasteiger charge is -2.21. The molecule has 1 saturated heterocycles. The fourth-order valence-corrected chi connectivity index (χ4v) is 2.58. The SMILES string of the molecule is CCCNC1COCC1C(=O)NC(C)CCc1ccco1. The number of hydrogen-bond donors (Lipinski definition) is 2. The van der Waals surface area contributed by atoms with Gasteiger partial charge in [-0.1, -0.05) is 6.92 Å². The number of amides is 1. The molecule has 2 N–H and O–H groups in total. The Morgan fingerprint density at radius 2 is 2.33 bits per heavy atom. The molecule has 2 heterocycles. The van der Waals surface area contributed by atoms with Crippen molar-refractivity contribution < 1.29 is 13.9 Å². The molecule has 1 aliphatic rings. The van der Waals surface area contributed by atoms with Crippen molar-refractivity contribution in [3.63, 3.8) is 0 Å². The van der Waals surface area contributed by atoms with Crippen LogP contribution in [0.1, 0.15) is 32.4 Å². The number of rotatable bonds is 8. The molecule has 0 saturated carbocycles. The third-order valence-corrected chi connectivity index (χ3v) is 3.87. The van der Waals surface area contributed by atoms with Crippen LogP contribution in [0, 0.1) is 5.92 Å². The van der Waals surface area contributed by atoms with Crippen molar-refractivity contribution in [2.24, 2.45) is 5.92 Å². The number of ether oxygens (including phenoxy) is 1. The predicted octanol–water partition coefficient (Wildman–Crippen LogP) is 1.73. The summed E-state index contributed by atoms with van der Waals surface area (Å²) in [4.78, 5) is 12.3. The van der Waals surface area contributed by atoms with Crippen LogP contribution in [0.5, 0.6) is 0 Å². The van der Waals surface area contributed by atoms with E-state index >= 15 is 0 Å². The summed E-state index contributed by atoms with van der Waals surface area (Å²) in [6, 6.07) is 4.12. The Hall–Kier alpha value is -1.33. The first kappa shape index (κ1) is 16.0. The molecule has 1 aromatic rings. The predicted molar refractivity (Wildman–Crippen MR) is 81.0 cm³/mol. The first-order valence-electron chi connectivity index (χ1n) is 7.84. The molecule has 1 amide bonds. The van der Waals surface area contributed by atoms with E-state index in [1.165, 1.54) is 0 Å². The average Bonchev–Trinajstić information content (AvgIpc) is 3.14. The Labute approximate surface area is 126 Å². The Kier molecular flexibility index (Phi) is 6.26. The van der Waals surface area contributed by atoms with Gasteiger partial charge in [-0.15, -0.1) is 0 Å². The van der Waals surface area contributed by atoms with E-state index in [4.69, 9.17) is 9.15 Å². The van der Waals surface area contributed by atoms with Crippen molar-refractivity contribution in [2.75, 3.05) is 19.8 Å². The summed E-state index contributed by atoms with van der Waals surface area (Å²) in [6.07, 6.45) is 4.45. The molecule has 1 aliphatic heterocycles. The van der Waals surface area contributed by atoms with Crippen molar-refractivity contribution in [3.05, 3.63) is 24.2 Å². The third kappa shape index (κ3) is 4.86. The number of hydrogen-bond acceptors (Lipinski definition) is 4. The molecule has 0 spiro atoms. The zero-order chi connectivity index (χ0) is 15.1. The van der Waals surface area contributed by atoms with E-state index in [0.29, 0.717) is 13.2 Å². The first-order valence-corrected chi connectivity index (χ1v) is 7.84. The minimum absolute atomic E-state index is 0.0809. The summed E-state index contributed by atoms with van der Waals surface area (Å²) in [7, 11) is 0. The first-order chi connectivity index (χ1) is 10.2. The van der Waals surface area contributed by atoms with E-state index in [9.17, 15) is 4.79 Å². The smallest absolute Gasteiger partial charge is 0.227 e. The molecule has 3 unspecified atom stereocenters. The van der Waals surface area contributed by atoms with Crippen LogP contribution in [0.25, 0.3) is 0 Å². The van der Waals surface area contributed by atoms with E-state index in [1.807, 2.05) is 19.1 Å². The minimum atomic E-state index is -0.0809. The van der Waals surface area contributed by atoms with E-state index in [0.717, 1.165) is 31.6 Å². The standard InChI is InChI=1S/C16H26N2O3/c1-3-8-17-15-11-20-10-14(15)16(19)18-12(2)6-7-13-5-4-9-21-13/h4-5,9,12,14-15,17H,3,6-8,10-11H2,1-2H3,(H,18,19). The zero-order valence-corrected chi connectivity index (χ0v) is 12.9. The van der Waals surface area contributed by atoms with Gasteiger partial charge in [0, 0.05) is 18.5 Å². The van der Waals surface area contributed by atoms with Crippen LogP contribution in [0.3, 0.4) is 0 Å². The lowest BCUT2D eigenvalue weighted by molar-refractivity contribution is -0.126. The second kappa shape index (κ2) is 8.20. The molecular weight excluding hydrogens is 268 g/mol. The minimum Gasteiger partial charge on any atom is -0.469 e. The fraction of sp³-hybridized carbons (Fsp3) is 0.688. The van der Waals surface area contributed by atoms with E-state index < -0.39 is 0 Å². The number of carbonyl (C=O) groups excluding carboxylic acids is 1. The second-order valence-electron chi connectivity index (χ2n) is 5.73. The van der Waals surface area contributed by atoms with Gasteiger partial charge in [0.25, 0.3) is 0 Å². The van der Waals surface area contributed by atoms with Gasteiger partial charge in [-0.2, -0.15) is 0 Å². The monoisotopic (exact) mass is 294 g/mol. The summed E-state index contributed by atoms with van der Waals surface area (Å²) < 4.78 is 10.8. The molecule has 5 heteroatoms. The molecule has 0 radical (unpaired) electrons.